The molecule has 0 saturated carbocycles. The van der Waals surface area contributed by atoms with Gasteiger partial charge in [-0.15, -0.1) is 0 Å². The Balaban J connectivity index is 1.71. The molecule has 0 saturated heterocycles. The molecule has 0 radical (unpaired) electrons. The number of imidazole rings is 1. The standard InChI is InChI=1S/C14H18FN3/c1-11(8-12-2-4-13(15)5-3-12)17-7-6-14-9-16-10-18-14/h2-5,9-11,17H,6-8H2,1H3,(H,16,18). The second-order valence-corrected chi connectivity index (χ2v) is 4.51. The van der Waals surface area contributed by atoms with Crippen molar-refractivity contribution < 1.29 is 4.39 Å². The summed E-state index contributed by atoms with van der Waals surface area (Å²) in [6.07, 6.45) is 5.38. The van der Waals surface area contributed by atoms with E-state index < -0.39 is 0 Å². The van der Waals surface area contributed by atoms with E-state index in [9.17, 15) is 4.39 Å². The Hall–Kier alpha value is -1.68. The molecule has 1 atom stereocenters. The average molecular weight is 247 g/mol. The fourth-order valence-electron chi connectivity index (χ4n) is 1.92. The van der Waals surface area contributed by atoms with Gasteiger partial charge in [0.25, 0.3) is 0 Å². The van der Waals surface area contributed by atoms with Gasteiger partial charge in [-0.25, -0.2) is 9.37 Å². The lowest BCUT2D eigenvalue weighted by Gasteiger charge is -2.13. The van der Waals surface area contributed by atoms with Crippen LogP contribution in [0.5, 0.6) is 0 Å². The number of aromatic amines is 1. The second-order valence-electron chi connectivity index (χ2n) is 4.51. The van der Waals surface area contributed by atoms with Gasteiger partial charge in [-0.3, -0.25) is 0 Å². The van der Waals surface area contributed by atoms with Crippen molar-refractivity contribution in [2.75, 3.05) is 6.54 Å². The zero-order valence-corrected chi connectivity index (χ0v) is 10.5. The summed E-state index contributed by atoms with van der Waals surface area (Å²) in [4.78, 5) is 7.05. The number of hydrogen-bond donors (Lipinski definition) is 2. The summed E-state index contributed by atoms with van der Waals surface area (Å²) >= 11 is 0. The molecule has 2 N–H and O–H groups in total. The van der Waals surface area contributed by atoms with Crippen LogP contribution in [0.4, 0.5) is 4.39 Å². The fourth-order valence-corrected chi connectivity index (χ4v) is 1.92. The zero-order chi connectivity index (χ0) is 12.8. The molecule has 0 spiro atoms. The van der Waals surface area contributed by atoms with Crippen molar-refractivity contribution in [2.45, 2.75) is 25.8 Å². The summed E-state index contributed by atoms with van der Waals surface area (Å²) in [6.45, 7) is 3.04. The molecular formula is C14H18FN3. The molecule has 18 heavy (non-hydrogen) atoms. The molecule has 2 rings (SSSR count). The molecule has 0 aliphatic rings. The fraction of sp³-hybridized carbons (Fsp3) is 0.357. The maximum absolute atomic E-state index is 12.8. The van der Waals surface area contributed by atoms with Gasteiger partial charge in [-0.2, -0.15) is 0 Å². The average Bonchev–Trinajstić information content (AvgIpc) is 2.85. The number of rotatable bonds is 6. The van der Waals surface area contributed by atoms with Crippen molar-refractivity contribution in [3.8, 4) is 0 Å². The van der Waals surface area contributed by atoms with Crippen LogP contribution in [0.25, 0.3) is 0 Å². The van der Waals surface area contributed by atoms with E-state index >= 15 is 0 Å². The van der Waals surface area contributed by atoms with E-state index in [1.165, 1.54) is 12.1 Å². The molecule has 0 fully saturated rings. The van der Waals surface area contributed by atoms with Crippen molar-refractivity contribution in [3.63, 3.8) is 0 Å². The lowest BCUT2D eigenvalue weighted by Crippen LogP contribution is -2.30. The smallest absolute Gasteiger partial charge is 0.123 e. The second kappa shape index (κ2) is 6.31. The number of H-pyrrole nitrogens is 1. The monoisotopic (exact) mass is 247 g/mol. The Bertz CT molecular complexity index is 450. The molecule has 0 amide bonds. The third-order valence-electron chi connectivity index (χ3n) is 2.90. The highest BCUT2D eigenvalue weighted by atomic mass is 19.1. The maximum atomic E-state index is 12.8. The SMILES string of the molecule is CC(Cc1ccc(F)cc1)NCCc1cnc[nH]1. The van der Waals surface area contributed by atoms with Crippen LogP contribution in [-0.2, 0) is 12.8 Å². The van der Waals surface area contributed by atoms with Crippen molar-refractivity contribution in [1.82, 2.24) is 15.3 Å². The number of aromatic nitrogens is 2. The summed E-state index contributed by atoms with van der Waals surface area (Å²) in [6, 6.07) is 7.06. The first-order valence-electron chi connectivity index (χ1n) is 6.19. The van der Waals surface area contributed by atoms with Crippen molar-refractivity contribution in [2.24, 2.45) is 0 Å². The quantitative estimate of drug-likeness (QED) is 0.822. The highest BCUT2D eigenvalue weighted by molar-refractivity contribution is 5.17. The van der Waals surface area contributed by atoms with Gasteiger partial charge in [0, 0.05) is 30.9 Å². The van der Waals surface area contributed by atoms with Gasteiger partial charge >= 0.3 is 0 Å². The van der Waals surface area contributed by atoms with Crippen LogP contribution in [0.3, 0.4) is 0 Å². The van der Waals surface area contributed by atoms with Gasteiger partial charge in [0.1, 0.15) is 5.82 Å². The Morgan fingerprint density at radius 3 is 2.78 bits per heavy atom. The number of hydrogen-bond acceptors (Lipinski definition) is 2. The van der Waals surface area contributed by atoms with Crippen molar-refractivity contribution in [1.29, 1.82) is 0 Å². The van der Waals surface area contributed by atoms with E-state index in [1.807, 2.05) is 18.3 Å². The highest BCUT2D eigenvalue weighted by Crippen LogP contribution is 2.05. The largest absolute Gasteiger partial charge is 0.348 e. The number of benzene rings is 1. The van der Waals surface area contributed by atoms with E-state index in [-0.39, 0.29) is 5.82 Å². The minimum absolute atomic E-state index is 0.182. The molecule has 3 nitrogen and oxygen atoms in total. The molecule has 2 aromatic rings. The Labute approximate surface area is 106 Å². The first-order valence-corrected chi connectivity index (χ1v) is 6.19. The van der Waals surface area contributed by atoms with Crippen LogP contribution < -0.4 is 5.32 Å². The molecule has 1 heterocycles. The molecule has 1 unspecified atom stereocenters. The van der Waals surface area contributed by atoms with Gasteiger partial charge in [0.2, 0.25) is 0 Å². The third-order valence-corrected chi connectivity index (χ3v) is 2.90. The number of nitrogens with one attached hydrogen (secondary N) is 2. The van der Waals surface area contributed by atoms with E-state index in [1.54, 1.807) is 6.33 Å². The van der Waals surface area contributed by atoms with Gasteiger partial charge < -0.3 is 10.3 Å². The Morgan fingerprint density at radius 1 is 1.33 bits per heavy atom. The van der Waals surface area contributed by atoms with Crippen molar-refractivity contribution >= 4 is 0 Å². The maximum Gasteiger partial charge on any atom is 0.123 e. The van der Waals surface area contributed by atoms with Crippen LogP contribution in [0.2, 0.25) is 0 Å². The van der Waals surface area contributed by atoms with Crippen LogP contribution in [-0.4, -0.2) is 22.6 Å². The number of halogens is 1. The van der Waals surface area contributed by atoms with E-state index in [4.69, 9.17) is 0 Å². The van der Waals surface area contributed by atoms with Gasteiger partial charge in [-0.1, -0.05) is 12.1 Å². The summed E-state index contributed by atoms with van der Waals surface area (Å²) in [7, 11) is 0. The van der Waals surface area contributed by atoms with Gasteiger partial charge in [0.05, 0.1) is 6.33 Å². The minimum atomic E-state index is -0.182. The van der Waals surface area contributed by atoms with Crippen LogP contribution in [0, 0.1) is 5.82 Å². The third kappa shape index (κ3) is 3.96. The molecule has 4 heteroatoms. The first-order chi connectivity index (χ1) is 8.74. The summed E-state index contributed by atoms with van der Waals surface area (Å²) in [5.41, 5.74) is 2.29. The molecule has 0 aliphatic heterocycles. The predicted octanol–water partition coefficient (Wildman–Crippen LogP) is 2.31. The van der Waals surface area contributed by atoms with Crippen LogP contribution >= 0.6 is 0 Å². The van der Waals surface area contributed by atoms with Gasteiger partial charge in [-0.05, 0) is 31.0 Å². The van der Waals surface area contributed by atoms with E-state index in [0.717, 1.165) is 30.6 Å². The first kappa shape index (κ1) is 12.8. The molecular weight excluding hydrogens is 229 g/mol. The lowest BCUT2D eigenvalue weighted by atomic mass is 10.1. The summed E-state index contributed by atoms with van der Waals surface area (Å²) in [5, 5.41) is 3.44. The van der Waals surface area contributed by atoms with E-state index in [0.29, 0.717) is 6.04 Å². The summed E-state index contributed by atoms with van der Waals surface area (Å²) < 4.78 is 12.8. The van der Waals surface area contributed by atoms with E-state index in [2.05, 4.69) is 22.2 Å². The van der Waals surface area contributed by atoms with Gasteiger partial charge in [0.15, 0.2) is 0 Å². The molecule has 1 aromatic carbocycles. The highest BCUT2D eigenvalue weighted by Gasteiger charge is 2.03. The normalized spacial score (nSPS) is 12.6. The topological polar surface area (TPSA) is 40.7 Å². The predicted molar refractivity (Wildman–Crippen MR) is 69.9 cm³/mol. The molecule has 1 aromatic heterocycles. The number of nitrogens with zero attached hydrogens (tertiary/aromatic N) is 1. The lowest BCUT2D eigenvalue weighted by molar-refractivity contribution is 0.545. The molecule has 0 bridgehead atoms. The summed E-state index contributed by atoms with van der Waals surface area (Å²) in [5.74, 6) is -0.182. The minimum Gasteiger partial charge on any atom is -0.348 e. The Morgan fingerprint density at radius 2 is 2.11 bits per heavy atom. The van der Waals surface area contributed by atoms with Crippen LogP contribution in [0.15, 0.2) is 36.8 Å². The zero-order valence-electron chi connectivity index (χ0n) is 10.5. The molecule has 96 valence electrons. The molecule has 0 aliphatic carbocycles. The van der Waals surface area contributed by atoms with Crippen LogP contribution in [0.1, 0.15) is 18.2 Å². The van der Waals surface area contributed by atoms with Crippen molar-refractivity contribution in [3.05, 3.63) is 53.9 Å². The Kier molecular flexibility index (Phi) is 4.47.